The number of nitrogens with one attached hydrogen (secondary N) is 2. The number of aromatic nitrogens is 4. The Kier molecular flexibility index (Phi) is 4.96. The van der Waals surface area contributed by atoms with Gasteiger partial charge in [0.1, 0.15) is 18.5 Å². The average Bonchev–Trinajstić information content (AvgIpc) is 3.22. The Labute approximate surface area is 161 Å². The molecule has 0 unspecified atom stereocenters. The quantitative estimate of drug-likeness (QED) is 0.685. The number of nitrogens with zero attached hydrogens (tertiary/aromatic N) is 5. The van der Waals surface area contributed by atoms with Crippen LogP contribution in [-0.2, 0) is 11.3 Å². The lowest BCUT2D eigenvalue weighted by molar-refractivity contribution is -0.120. The van der Waals surface area contributed by atoms with Crippen molar-refractivity contribution in [2.24, 2.45) is 0 Å². The molecule has 1 aromatic carbocycles. The van der Waals surface area contributed by atoms with Gasteiger partial charge in [0.15, 0.2) is 0 Å². The summed E-state index contributed by atoms with van der Waals surface area (Å²) in [6.45, 7) is 2.21. The molecule has 1 saturated heterocycles. The summed E-state index contributed by atoms with van der Waals surface area (Å²) in [5.74, 6) is 0.488. The minimum absolute atomic E-state index is 0.0160. The van der Waals surface area contributed by atoms with Crippen LogP contribution >= 0.6 is 0 Å². The molecule has 2 aromatic heterocycles. The smallest absolute Gasteiger partial charge is 0.255 e. The predicted octanol–water partition coefficient (Wildman–Crippen LogP) is 0.910. The molecule has 3 aromatic rings. The molecular weight excluding hydrogens is 358 g/mol. The van der Waals surface area contributed by atoms with Crippen LogP contribution < -0.4 is 15.5 Å². The van der Waals surface area contributed by atoms with Gasteiger partial charge in [-0.15, -0.1) is 0 Å². The van der Waals surface area contributed by atoms with Crippen LogP contribution in [0.15, 0.2) is 55.2 Å². The van der Waals surface area contributed by atoms with Crippen molar-refractivity contribution in [3.8, 4) is 0 Å². The summed E-state index contributed by atoms with van der Waals surface area (Å²) in [6, 6.07) is 10.9. The zero-order chi connectivity index (χ0) is 19.3. The molecular formula is C19H19N7O2. The number of rotatable bonds is 5. The Bertz CT molecular complexity index is 953. The van der Waals surface area contributed by atoms with Crippen LogP contribution in [0.3, 0.4) is 0 Å². The zero-order valence-electron chi connectivity index (χ0n) is 15.1. The minimum Gasteiger partial charge on any atom is -0.353 e. The van der Waals surface area contributed by atoms with E-state index >= 15 is 0 Å². The molecule has 0 atom stereocenters. The predicted molar refractivity (Wildman–Crippen MR) is 103 cm³/mol. The van der Waals surface area contributed by atoms with Gasteiger partial charge in [0.25, 0.3) is 5.91 Å². The summed E-state index contributed by atoms with van der Waals surface area (Å²) in [4.78, 5) is 34.1. The van der Waals surface area contributed by atoms with E-state index in [1.165, 1.54) is 6.33 Å². The third kappa shape index (κ3) is 4.14. The average molecular weight is 377 g/mol. The van der Waals surface area contributed by atoms with Crippen LogP contribution in [0.1, 0.15) is 15.9 Å². The molecule has 1 aliphatic rings. The second-order valence-corrected chi connectivity index (χ2v) is 6.42. The molecule has 0 aliphatic carbocycles. The Hall–Kier alpha value is -3.75. The molecule has 0 spiro atoms. The molecule has 28 heavy (non-hydrogen) atoms. The van der Waals surface area contributed by atoms with Crippen LogP contribution in [0.25, 0.3) is 0 Å². The van der Waals surface area contributed by atoms with Crippen molar-refractivity contribution in [1.82, 2.24) is 25.1 Å². The number of piperazine rings is 1. The number of amides is 2. The molecule has 2 N–H and O–H groups in total. The molecule has 0 saturated carbocycles. The molecule has 0 bridgehead atoms. The van der Waals surface area contributed by atoms with Crippen LogP contribution in [0.2, 0.25) is 0 Å². The molecule has 2 amide bonds. The van der Waals surface area contributed by atoms with E-state index in [0.29, 0.717) is 43.2 Å². The van der Waals surface area contributed by atoms with Crippen LogP contribution in [0.4, 0.5) is 11.5 Å². The number of benzene rings is 1. The van der Waals surface area contributed by atoms with Gasteiger partial charge in [-0.05, 0) is 29.8 Å². The molecule has 3 heterocycles. The summed E-state index contributed by atoms with van der Waals surface area (Å²) in [7, 11) is 0. The van der Waals surface area contributed by atoms with Crippen molar-refractivity contribution in [2.45, 2.75) is 6.54 Å². The molecule has 4 rings (SSSR count). The minimum atomic E-state index is -0.209. The highest BCUT2D eigenvalue weighted by Crippen LogP contribution is 2.16. The highest BCUT2D eigenvalue weighted by molar-refractivity contribution is 6.04. The fraction of sp³-hybridized carbons (Fsp3) is 0.211. The molecule has 9 nitrogen and oxygen atoms in total. The van der Waals surface area contributed by atoms with E-state index < -0.39 is 0 Å². The van der Waals surface area contributed by atoms with Gasteiger partial charge < -0.3 is 15.5 Å². The van der Waals surface area contributed by atoms with Gasteiger partial charge in [-0.2, -0.15) is 5.10 Å². The van der Waals surface area contributed by atoms with Gasteiger partial charge in [-0.3, -0.25) is 9.59 Å². The fourth-order valence-corrected chi connectivity index (χ4v) is 2.95. The van der Waals surface area contributed by atoms with E-state index in [-0.39, 0.29) is 11.8 Å². The van der Waals surface area contributed by atoms with Crippen molar-refractivity contribution in [3.63, 3.8) is 0 Å². The molecule has 1 aliphatic heterocycles. The first-order valence-electron chi connectivity index (χ1n) is 8.88. The molecule has 142 valence electrons. The van der Waals surface area contributed by atoms with Crippen molar-refractivity contribution in [2.75, 3.05) is 29.9 Å². The number of carbonyl (C=O) groups is 2. The Morgan fingerprint density at radius 2 is 2.04 bits per heavy atom. The first kappa shape index (κ1) is 17.7. The van der Waals surface area contributed by atoms with Crippen molar-refractivity contribution < 1.29 is 9.59 Å². The van der Waals surface area contributed by atoms with Gasteiger partial charge in [0.2, 0.25) is 5.91 Å². The maximum Gasteiger partial charge on any atom is 0.255 e. The van der Waals surface area contributed by atoms with Gasteiger partial charge in [0, 0.05) is 18.7 Å². The highest BCUT2D eigenvalue weighted by atomic mass is 16.2. The van der Waals surface area contributed by atoms with Crippen LogP contribution in [0, 0.1) is 0 Å². The number of pyridine rings is 1. The van der Waals surface area contributed by atoms with Gasteiger partial charge in [-0.1, -0.05) is 12.1 Å². The fourth-order valence-electron chi connectivity index (χ4n) is 2.95. The Balaban J connectivity index is 1.37. The lowest BCUT2D eigenvalue weighted by Crippen LogP contribution is -2.48. The largest absolute Gasteiger partial charge is 0.353 e. The SMILES string of the molecule is O=C1CN(c2ccc(NC(=O)c3ccc(Cn4cncn4)cc3)cn2)CCN1. The lowest BCUT2D eigenvalue weighted by Gasteiger charge is -2.27. The summed E-state index contributed by atoms with van der Waals surface area (Å²) < 4.78 is 1.72. The zero-order valence-corrected chi connectivity index (χ0v) is 15.1. The van der Waals surface area contributed by atoms with E-state index in [1.54, 1.807) is 41.5 Å². The second kappa shape index (κ2) is 7.87. The van der Waals surface area contributed by atoms with Gasteiger partial charge >= 0.3 is 0 Å². The van der Waals surface area contributed by atoms with Gasteiger partial charge in [-0.25, -0.2) is 14.6 Å². The number of hydrogen-bond acceptors (Lipinski definition) is 6. The third-order valence-corrected chi connectivity index (χ3v) is 4.40. The molecule has 1 fully saturated rings. The number of carbonyl (C=O) groups excluding carboxylic acids is 2. The van der Waals surface area contributed by atoms with E-state index in [0.717, 1.165) is 5.56 Å². The van der Waals surface area contributed by atoms with Crippen molar-refractivity contribution in [1.29, 1.82) is 0 Å². The summed E-state index contributed by atoms with van der Waals surface area (Å²) in [5, 5.41) is 9.68. The lowest BCUT2D eigenvalue weighted by atomic mass is 10.1. The normalized spacial score (nSPS) is 13.9. The Morgan fingerprint density at radius 1 is 1.18 bits per heavy atom. The summed E-state index contributed by atoms with van der Waals surface area (Å²) in [6.07, 6.45) is 4.73. The van der Waals surface area contributed by atoms with Crippen LogP contribution in [-0.4, -0.2) is 51.2 Å². The molecule has 9 heteroatoms. The van der Waals surface area contributed by atoms with Crippen molar-refractivity contribution >= 4 is 23.3 Å². The van der Waals surface area contributed by atoms with Crippen LogP contribution in [0.5, 0.6) is 0 Å². The summed E-state index contributed by atoms with van der Waals surface area (Å²) >= 11 is 0. The van der Waals surface area contributed by atoms with Gasteiger partial charge in [0.05, 0.1) is 25.0 Å². The highest BCUT2D eigenvalue weighted by Gasteiger charge is 2.17. The van der Waals surface area contributed by atoms with E-state index in [1.807, 2.05) is 17.0 Å². The number of hydrogen-bond donors (Lipinski definition) is 2. The van der Waals surface area contributed by atoms with E-state index in [9.17, 15) is 9.59 Å². The standard InChI is InChI=1S/C19H19N7O2/c27-18-11-25(8-7-21-18)17-6-5-16(9-22-17)24-19(28)15-3-1-14(2-4-15)10-26-13-20-12-23-26/h1-6,9,12-13H,7-8,10-11H2,(H,21,27)(H,24,28). The van der Waals surface area contributed by atoms with E-state index in [2.05, 4.69) is 25.7 Å². The first-order valence-corrected chi connectivity index (χ1v) is 8.88. The first-order chi connectivity index (χ1) is 13.7. The Morgan fingerprint density at radius 3 is 2.71 bits per heavy atom. The number of anilines is 2. The maximum atomic E-state index is 12.4. The van der Waals surface area contributed by atoms with Crippen molar-refractivity contribution in [3.05, 3.63) is 66.4 Å². The maximum absolute atomic E-state index is 12.4. The molecule has 0 radical (unpaired) electrons. The third-order valence-electron chi connectivity index (χ3n) is 4.40. The second-order valence-electron chi connectivity index (χ2n) is 6.42. The topological polar surface area (TPSA) is 105 Å². The monoisotopic (exact) mass is 377 g/mol. The summed E-state index contributed by atoms with van der Waals surface area (Å²) in [5.41, 5.74) is 2.18. The van der Waals surface area contributed by atoms with E-state index in [4.69, 9.17) is 0 Å².